The Bertz CT molecular complexity index is 387. The van der Waals surface area contributed by atoms with Gasteiger partial charge in [-0.05, 0) is 19.4 Å². The summed E-state index contributed by atoms with van der Waals surface area (Å²) < 4.78 is 10.8. The van der Waals surface area contributed by atoms with E-state index in [1.54, 1.807) is 0 Å². The van der Waals surface area contributed by atoms with Crippen LogP contribution in [0.1, 0.15) is 19.4 Å². The van der Waals surface area contributed by atoms with E-state index in [0.29, 0.717) is 25.6 Å². The molecule has 103 valence electrons. The summed E-state index contributed by atoms with van der Waals surface area (Å²) in [7, 11) is 2.06. The van der Waals surface area contributed by atoms with E-state index in [1.165, 1.54) is 5.46 Å². The van der Waals surface area contributed by atoms with Crippen LogP contribution in [0.25, 0.3) is 0 Å². The predicted octanol–water partition coefficient (Wildman–Crippen LogP) is 1.32. The zero-order valence-electron chi connectivity index (χ0n) is 11.9. The molecule has 0 unspecified atom stereocenters. The maximum Gasteiger partial charge on any atom is 0.216 e. The van der Waals surface area contributed by atoms with Gasteiger partial charge in [-0.1, -0.05) is 36.6 Å². The van der Waals surface area contributed by atoms with Crippen molar-refractivity contribution in [2.24, 2.45) is 10.7 Å². The lowest BCUT2D eigenvalue weighted by molar-refractivity contribution is -0.0907. The number of nitrogens with zero attached hydrogens (tertiary/aromatic N) is 1. The van der Waals surface area contributed by atoms with Crippen molar-refractivity contribution in [1.29, 1.82) is 0 Å². The van der Waals surface area contributed by atoms with Crippen molar-refractivity contribution in [2.75, 3.05) is 13.2 Å². The zero-order chi connectivity index (χ0) is 14.1. The van der Waals surface area contributed by atoms with Gasteiger partial charge < -0.3 is 15.2 Å². The summed E-state index contributed by atoms with van der Waals surface area (Å²) in [5, 5.41) is 0. The summed E-state index contributed by atoms with van der Waals surface area (Å²) in [6.45, 7) is 7.44. The maximum atomic E-state index is 5.89. The van der Waals surface area contributed by atoms with Crippen LogP contribution in [0.4, 0.5) is 0 Å². The molecule has 0 saturated heterocycles. The van der Waals surface area contributed by atoms with Crippen LogP contribution in [-0.4, -0.2) is 32.6 Å². The van der Waals surface area contributed by atoms with Crippen molar-refractivity contribution in [1.82, 2.24) is 0 Å². The first kappa shape index (κ1) is 15.7. The molecule has 2 N–H and O–H groups in total. The van der Waals surface area contributed by atoms with Gasteiger partial charge in [0.2, 0.25) is 6.29 Å². The zero-order valence-corrected chi connectivity index (χ0v) is 11.9. The Kier molecular flexibility index (Phi) is 7.22. The first-order chi connectivity index (χ1) is 9.21. The molecule has 0 fully saturated rings. The molecule has 0 amide bonds. The standard InChI is InChI=1S/C14H22BN2O2/c1-4-18-14(19-5-2)13(16)17-10-11-6-8-12(15-3)9-7-11/h6-9,14H,4-5,10H2,1-3H3,(H2,16,17). The van der Waals surface area contributed by atoms with Crippen molar-refractivity contribution in [3.05, 3.63) is 29.8 Å². The summed E-state index contributed by atoms with van der Waals surface area (Å²) in [4.78, 5) is 4.32. The van der Waals surface area contributed by atoms with Crippen LogP contribution in [0.5, 0.6) is 0 Å². The Morgan fingerprint density at radius 3 is 2.26 bits per heavy atom. The van der Waals surface area contributed by atoms with Gasteiger partial charge in [-0.15, -0.1) is 0 Å². The van der Waals surface area contributed by atoms with Crippen molar-refractivity contribution in [3.63, 3.8) is 0 Å². The first-order valence-electron chi connectivity index (χ1n) is 6.62. The fourth-order valence-electron chi connectivity index (χ4n) is 1.59. The molecule has 0 aliphatic rings. The van der Waals surface area contributed by atoms with Crippen LogP contribution >= 0.6 is 0 Å². The van der Waals surface area contributed by atoms with Crippen molar-refractivity contribution in [2.45, 2.75) is 33.5 Å². The normalized spacial score (nSPS) is 11.9. The molecule has 0 atom stereocenters. The molecular weight excluding hydrogens is 239 g/mol. The number of nitrogens with two attached hydrogens (primary N) is 1. The third-order valence-electron chi connectivity index (χ3n) is 2.63. The molecule has 1 rings (SSSR count). The number of rotatable bonds is 8. The van der Waals surface area contributed by atoms with Crippen LogP contribution in [-0.2, 0) is 16.0 Å². The second-order valence-electron chi connectivity index (χ2n) is 4.01. The largest absolute Gasteiger partial charge is 0.383 e. The fraction of sp³-hybridized carbons (Fsp3) is 0.500. The van der Waals surface area contributed by atoms with Gasteiger partial charge in [-0.25, -0.2) is 0 Å². The smallest absolute Gasteiger partial charge is 0.216 e. The van der Waals surface area contributed by atoms with E-state index in [0.717, 1.165) is 5.56 Å². The highest BCUT2D eigenvalue weighted by Gasteiger charge is 2.12. The minimum Gasteiger partial charge on any atom is -0.383 e. The second-order valence-corrected chi connectivity index (χ2v) is 4.01. The van der Waals surface area contributed by atoms with E-state index in [9.17, 15) is 0 Å². The Morgan fingerprint density at radius 1 is 1.21 bits per heavy atom. The quantitative estimate of drug-likeness (QED) is 0.332. The summed E-state index contributed by atoms with van der Waals surface area (Å²) >= 11 is 0. The lowest BCUT2D eigenvalue weighted by Gasteiger charge is -2.16. The summed E-state index contributed by atoms with van der Waals surface area (Å²) in [6.07, 6.45) is -0.543. The molecule has 0 spiro atoms. The SMILES string of the molecule is C[B]c1ccc(CN=C(N)C(OCC)OCC)cc1. The first-order valence-corrected chi connectivity index (χ1v) is 6.62. The third-order valence-corrected chi connectivity index (χ3v) is 2.63. The highest BCUT2D eigenvalue weighted by molar-refractivity contribution is 6.51. The molecule has 0 saturated carbocycles. The summed E-state index contributed by atoms with van der Waals surface area (Å²) in [5.74, 6) is 0.384. The van der Waals surface area contributed by atoms with Crippen molar-refractivity contribution < 1.29 is 9.47 Å². The lowest BCUT2D eigenvalue weighted by Crippen LogP contribution is -2.34. The maximum absolute atomic E-state index is 5.89. The molecule has 1 aromatic rings. The summed E-state index contributed by atoms with van der Waals surface area (Å²) in [5.41, 5.74) is 8.20. The van der Waals surface area contributed by atoms with E-state index in [-0.39, 0.29) is 0 Å². The van der Waals surface area contributed by atoms with Crippen LogP contribution in [0.2, 0.25) is 6.82 Å². The molecule has 4 nitrogen and oxygen atoms in total. The van der Waals surface area contributed by atoms with Gasteiger partial charge in [-0.2, -0.15) is 0 Å². The number of aliphatic imine (C=N–C) groups is 1. The number of amidine groups is 1. The third kappa shape index (κ3) is 5.45. The highest BCUT2D eigenvalue weighted by atomic mass is 16.7. The Hall–Kier alpha value is -1.33. The monoisotopic (exact) mass is 261 g/mol. The highest BCUT2D eigenvalue weighted by Crippen LogP contribution is 2.02. The van der Waals surface area contributed by atoms with E-state index < -0.39 is 6.29 Å². The molecule has 0 aliphatic heterocycles. The molecule has 0 bridgehead atoms. The topological polar surface area (TPSA) is 56.8 Å². The number of benzene rings is 1. The second kappa shape index (κ2) is 8.72. The molecule has 5 heteroatoms. The molecule has 1 aromatic carbocycles. The predicted molar refractivity (Wildman–Crippen MR) is 80.1 cm³/mol. The van der Waals surface area contributed by atoms with Crippen LogP contribution in [0.3, 0.4) is 0 Å². The molecule has 0 aromatic heterocycles. The number of ether oxygens (including phenoxy) is 2. The van der Waals surface area contributed by atoms with Gasteiger partial charge in [0.15, 0.2) is 5.84 Å². The van der Waals surface area contributed by atoms with E-state index >= 15 is 0 Å². The summed E-state index contributed by atoms with van der Waals surface area (Å²) in [6, 6.07) is 8.21. The lowest BCUT2D eigenvalue weighted by atomic mass is 9.73. The molecule has 0 aliphatic carbocycles. The molecule has 1 radical (unpaired) electrons. The minimum atomic E-state index is -0.543. The minimum absolute atomic E-state index is 0.384. The molecule has 19 heavy (non-hydrogen) atoms. The average Bonchev–Trinajstić information content (AvgIpc) is 2.45. The number of hydrogen-bond donors (Lipinski definition) is 1. The van der Waals surface area contributed by atoms with E-state index in [1.807, 2.05) is 32.8 Å². The Labute approximate surface area is 116 Å². The van der Waals surface area contributed by atoms with Gasteiger partial charge >= 0.3 is 0 Å². The average molecular weight is 261 g/mol. The van der Waals surface area contributed by atoms with Gasteiger partial charge in [0.25, 0.3) is 0 Å². The van der Waals surface area contributed by atoms with Gasteiger partial charge in [0, 0.05) is 13.2 Å². The molecular formula is C14H22BN2O2. The molecule has 0 heterocycles. The van der Waals surface area contributed by atoms with Crippen molar-refractivity contribution >= 4 is 18.6 Å². The van der Waals surface area contributed by atoms with Crippen LogP contribution < -0.4 is 11.2 Å². The van der Waals surface area contributed by atoms with Gasteiger partial charge in [0.05, 0.1) is 6.54 Å². The van der Waals surface area contributed by atoms with E-state index in [4.69, 9.17) is 15.2 Å². The van der Waals surface area contributed by atoms with Crippen molar-refractivity contribution in [3.8, 4) is 0 Å². The van der Waals surface area contributed by atoms with Crippen LogP contribution in [0, 0.1) is 0 Å². The van der Waals surface area contributed by atoms with E-state index in [2.05, 4.69) is 24.4 Å². The van der Waals surface area contributed by atoms with Gasteiger partial charge in [0.1, 0.15) is 7.28 Å². The van der Waals surface area contributed by atoms with Gasteiger partial charge in [-0.3, -0.25) is 4.99 Å². The fourth-order valence-corrected chi connectivity index (χ4v) is 1.59. The van der Waals surface area contributed by atoms with Crippen LogP contribution in [0.15, 0.2) is 29.3 Å². The Balaban J connectivity index is 2.61. The number of hydrogen-bond acceptors (Lipinski definition) is 3. The Morgan fingerprint density at radius 2 is 1.79 bits per heavy atom.